The number of aryl methyl sites for hydroxylation is 1. The van der Waals surface area contributed by atoms with Crippen molar-refractivity contribution in [3.8, 4) is 0 Å². The van der Waals surface area contributed by atoms with E-state index in [2.05, 4.69) is 26.1 Å². The molecule has 0 aliphatic heterocycles. The summed E-state index contributed by atoms with van der Waals surface area (Å²) in [5, 5.41) is 12.2. The number of urea groups is 1. The monoisotopic (exact) mass is 498 g/mol. The molecule has 6 nitrogen and oxygen atoms in total. The number of benzene rings is 2. The number of rotatable bonds is 14. The molecule has 0 aliphatic carbocycles. The number of hydrogen-bond acceptors (Lipinski definition) is 4. The lowest BCUT2D eigenvalue weighted by molar-refractivity contribution is -0.138. The average molecular weight is 499 g/mol. The quantitative estimate of drug-likeness (QED) is 0.328. The number of imide groups is 1. The lowest BCUT2D eigenvalue weighted by Crippen LogP contribution is -2.51. The van der Waals surface area contributed by atoms with Gasteiger partial charge in [-0.25, -0.2) is 9.59 Å². The summed E-state index contributed by atoms with van der Waals surface area (Å²) in [6.07, 6.45) is 4.35. The molecule has 2 aromatic rings. The van der Waals surface area contributed by atoms with E-state index in [-0.39, 0.29) is 12.3 Å². The number of aliphatic carboxylic acids is 1. The van der Waals surface area contributed by atoms with E-state index in [4.69, 9.17) is 0 Å². The van der Waals surface area contributed by atoms with Gasteiger partial charge in [0.25, 0.3) is 5.91 Å². The van der Waals surface area contributed by atoms with E-state index in [1.807, 2.05) is 48.5 Å². The third kappa shape index (κ3) is 10.1. The summed E-state index contributed by atoms with van der Waals surface area (Å²) < 4.78 is 0. The molecule has 0 radical (unpaired) electrons. The number of nitrogens with one attached hydrogen (secondary N) is 1. The number of amides is 3. The molecule has 0 aliphatic rings. The average Bonchev–Trinajstić information content (AvgIpc) is 2.85. The van der Waals surface area contributed by atoms with Crippen LogP contribution in [0.1, 0.15) is 61.5 Å². The predicted octanol–water partition coefficient (Wildman–Crippen LogP) is 5.66. The molecule has 0 bridgehead atoms. The van der Waals surface area contributed by atoms with Crippen LogP contribution in [0.5, 0.6) is 0 Å². The molecule has 0 aromatic heterocycles. The molecule has 0 heterocycles. The smallest absolute Gasteiger partial charge is 0.327 e. The van der Waals surface area contributed by atoms with Crippen molar-refractivity contribution < 1.29 is 19.5 Å². The molecule has 3 amide bonds. The molecule has 35 heavy (non-hydrogen) atoms. The number of hydrogen-bond donors (Lipinski definition) is 2. The van der Waals surface area contributed by atoms with Crippen molar-refractivity contribution in [2.24, 2.45) is 5.92 Å². The number of carbonyl (C=O) groups excluding carboxylic acids is 2. The first kappa shape index (κ1) is 28.4. The Morgan fingerprint density at radius 3 is 2.37 bits per heavy atom. The fourth-order valence-electron chi connectivity index (χ4n) is 3.50. The molecule has 2 rings (SSSR count). The van der Waals surface area contributed by atoms with Gasteiger partial charge < -0.3 is 10.4 Å². The molecule has 0 saturated heterocycles. The second kappa shape index (κ2) is 15.2. The van der Waals surface area contributed by atoms with E-state index in [1.54, 1.807) is 6.07 Å². The van der Waals surface area contributed by atoms with Crippen LogP contribution in [-0.2, 0) is 17.6 Å². The zero-order chi connectivity index (χ0) is 25.6. The van der Waals surface area contributed by atoms with Crippen molar-refractivity contribution in [2.45, 2.75) is 58.9 Å². The zero-order valence-corrected chi connectivity index (χ0v) is 21.9. The van der Waals surface area contributed by atoms with Crippen molar-refractivity contribution in [3.05, 3.63) is 71.3 Å². The SMILES string of the molecule is CCCCSC[C@H](NC(=O)N(CCc1ccccc1)C(=O)c1cccc(CCC(C)C)c1)C(=O)O. The molecule has 190 valence electrons. The normalized spacial score (nSPS) is 11.8. The molecule has 2 N–H and O–H groups in total. The fourth-order valence-corrected chi connectivity index (χ4v) is 4.62. The van der Waals surface area contributed by atoms with Crippen molar-refractivity contribution in [2.75, 3.05) is 18.1 Å². The highest BCUT2D eigenvalue weighted by molar-refractivity contribution is 7.99. The zero-order valence-electron chi connectivity index (χ0n) is 21.0. The largest absolute Gasteiger partial charge is 0.480 e. The van der Waals surface area contributed by atoms with Gasteiger partial charge in [-0.05, 0) is 60.6 Å². The Morgan fingerprint density at radius 2 is 1.71 bits per heavy atom. The molecule has 1 atom stereocenters. The number of carbonyl (C=O) groups is 3. The van der Waals surface area contributed by atoms with Crippen molar-refractivity contribution in [1.29, 1.82) is 0 Å². The van der Waals surface area contributed by atoms with Crippen LogP contribution >= 0.6 is 11.8 Å². The number of unbranched alkanes of at least 4 members (excludes halogenated alkanes) is 1. The van der Waals surface area contributed by atoms with E-state index in [0.29, 0.717) is 17.9 Å². The maximum atomic E-state index is 13.5. The number of thioether (sulfide) groups is 1. The first-order valence-electron chi connectivity index (χ1n) is 12.4. The number of carboxylic acid groups (broad SMARTS) is 1. The molecule has 0 saturated carbocycles. The fraction of sp³-hybridized carbons (Fsp3) is 0.464. The topological polar surface area (TPSA) is 86.7 Å². The Balaban J connectivity index is 2.20. The van der Waals surface area contributed by atoms with Gasteiger partial charge in [0.05, 0.1) is 0 Å². The van der Waals surface area contributed by atoms with Crippen molar-refractivity contribution in [3.63, 3.8) is 0 Å². The third-order valence-corrected chi connectivity index (χ3v) is 6.81. The minimum absolute atomic E-state index is 0.153. The summed E-state index contributed by atoms with van der Waals surface area (Å²) in [7, 11) is 0. The van der Waals surface area contributed by atoms with Crippen molar-refractivity contribution in [1.82, 2.24) is 10.2 Å². The summed E-state index contributed by atoms with van der Waals surface area (Å²) in [5.74, 6) is 0.106. The Labute approximate surface area is 213 Å². The van der Waals surface area contributed by atoms with E-state index < -0.39 is 23.9 Å². The maximum Gasteiger partial charge on any atom is 0.327 e. The second-order valence-corrected chi connectivity index (χ2v) is 10.2. The maximum absolute atomic E-state index is 13.5. The van der Waals surface area contributed by atoms with Gasteiger partial charge >= 0.3 is 12.0 Å². The van der Waals surface area contributed by atoms with Gasteiger partial charge in [-0.1, -0.05) is 69.7 Å². The summed E-state index contributed by atoms with van der Waals surface area (Å²) in [6.45, 7) is 6.54. The molecule has 0 unspecified atom stereocenters. The molecule has 0 spiro atoms. The molecule has 7 heteroatoms. The number of carboxylic acids is 1. The van der Waals surface area contributed by atoms with Crippen LogP contribution in [-0.4, -0.2) is 52.0 Å². The van der Waals surface area contributed by atoms with Crippen LogP contribution in [0, 0.1) is 5.92 Å². The van der Waals surface area contributed by atoms with Crippen LogP contribution in [0.15, 0.2) is 54.6 Å². The van der Waals surface area contributed by atoms with Crippen LogP contribution in [0.25, 0.3) is 0 Å². The lowest BCUT2D eigenvalue weighted by atomic mass is 10.0. The van der Waals surface area contributed by atoms with Gasteiger partial charge in [0.15, 0.2) is 0 Å². The minimum Gasteiger partial charge on any atom is -0.480 e. The van der Waals surface area contributed by atoms with Gasteiger partial charge in [-0.3, -0.25) is 9.69 Å². The highest BCUT2D eigenvalue weighted by Gasteiger charge is 2.27. The molecular weight excluding hydrogens is 460 g/mol. The van der Waals surface area contributed by atoms with Gasteiger partial charge in [-0.2, -0.15) is 11.8 Å². The van der Waals surface area contributed by atoms with Gasteiger partial charge in [0, 0.05) is 17.9 Å². The summed E-state index contributed by atoms with van der Waals surface area (Å²) in [6, 6.07) is 15.2. The summed E-state index contributed by atoms with van der Waals surface area (Å²) in [4.78, 5) is 39.6. The number of nitrogens with zero attached hydrogens (tertiary/aromatic N) is 1. The summed E-state index contributed by atoms with van der Waals surface area (Å²) >= 11 is 1.49. The van der Waals surface area contributed by atoms with Crippen molar-refractivity contribution >= 4 is 29.7 Å². The van der Waals surface area contributed by atoms with E-state index >= 15 is 0 Å². The van der Waals surface area contributed by atoms with E-state index in [9.17, 15) is 19.5 Å². The lowest BCUT2D eigenvalue weighted by Gasteiger charge is -2.24. The Bertz CT molecular complexity index is 949. The Morgan fingerprint density at radius 1 is 1.00 bits per heavy atom. The molecule has 0 fully saturated rings. The van der Waals surface area contributed by atoms with Crippen LogP contribution in [0.3, 0.4) is 0 Å². The third-order valence-electron chi connectivity index (χ3n) is 5.66. The first-order chi connectivity index (χ1) is 16.8. The Kier molecular flexibility index (Phi) is 12.4. The van der Waals surface area contributed by atoms with Gasteiger partial charge in [0.1, 0.15) is 6.04 Å². The van der Waals surface area contributed by atoms with Gasteiger partial charge in [0.2, 0.25) is 0 Å². The standard InChI is InChI=1S/C28H38N2O4S/c1-4-5-18-35-20-25(27(32)33)29-28(34)30(17-16-22-10-7-6-8-11-22)26(31)24-13-9-12-23(19-24)15-14-21(2)3/h6-13,19,21,25H,4-5,14-18,20H2,1-3H3,(H,29,34)(H,32,33)/t25-/m0/s1. The first-order valence-corrected chi connectivity index (χ1v) is 13.5. The van der Waals surface area contributed by atoms with Crippen LogP contribution in [0.2, 0.25) is 0 Å². The highest BCUT2D eigenvalue weighted by atomic mass is 32.2. The minimum atomic E-state index is -1.10. The predicted molar refractivity (Wildman–Crippen MR) is 143 cm³/mol. The van der Waals surface area contributed by atoms with Crippen LogP contribution < -0.4 is 5.32 Å². The van der Waals surface area contributed by atoms with E-state index in [0.717, 1.165) is 47.5 Å². The van der Waals surface area contributed by atoms with Crippen LogP contribution in [0.4, 0.5) is 4.79 Å². The second-order valence-electron chi connectivity index (χ2n) is 9.09. The van der Waals surface area contributed by atoms with E-state index in [1.165, 1.54) is 11.8 Å². The molecular formula is C28H38N2O4S. The summed E-state index contributed by atoms with van der Waals surface area (Å²) in [5.41, 5.74) is 2.47. The Hall–Kier alpha value is -2.80. The highest BCUT2D eigenvalue weighted by Crippen LogP contribution is 2.15. The molecule has 2 aromatic carbocycles. The van der Waals surface area contributed by atoms with Gasteiger partial charge in [-0.15, -0.1) is 0 Å².